The summed E-state index contributed by atoms with van der Waals surface area (Å²) in [7, 11) is 0. The molecule has 0 unspecified atom stereocenters. The Morgan fingerprint density at radius 3 is 3.03 bits per heavy atom. The van der Waals surface area contributed by atoms with E-state index in [0.29, 0.717) is 5.56 Å². The van der Waals surface area contributed by atoms with Gasteiger partial charge in [-0.05, 0) is 42.0 Å². The van der Waals surface area contributed by atoms with Crippen molar-refractivity contribution in [1.29, 1.82) is 5.26 Å². The van der Waals surface area contributed by atoms with Crippen LogP contribution < -0.4 is 4.74 Å². The maximum atomic E-state index is 13.3. The molecule has 0 spiro atoms. The van der Waals surface area contributed by atoms with Crippen molar-refractivity contribution in [2.24, 2.45) is 5.16 Å². The van der Waals surface area contributed by atoms with Crippen molar-refractivity contribution in [2.45, 2.75) is 11.8 Å². The topological polar surface area (TPSA) is 108 Å². The van der Waals surface area contributed by atoms with Gasteiger partial charge in [0.25, 0.3) is 0 Å². The highest BCUT2D eigenvalue weighted by Gasteiger charge is 2.19. The van der Waals surface area contributed by atoms with Gasteiger partial charge in [0.05, 0.1) is 15.7 Å². The van der Waals surface area contributed by atoms with Gasteiger partial charge >= 0.3 is 1.43 Å². The predicted octanol–water partition coefficient (Wildman–Crippen LogP) is 3.71. The van der Waals surface area contributed by atoms with Crippen LogP contribution in [0.25, 0.3) is 0 Å². The molecule has 1 N–H and O–H groups in total. The molecule has 3 rings (SSSR count). The van der Waals surface area contributed by atoms with Crippen molar-refractivity contribution in [1.82, 2.24) is 9.97 Å². The minimum Gasteiger partial charge on any atom is -0.489 e. The van der Waals surface area contributed by atoms with E-state index in [4.69, 9.17) is 19.7 Å². The first kappa shape index (κ1) is 12.7. The van der Waals surface area contributed by atoms with Crippen LogP contribution in [0.4, 0.5) is 0 Å². The van der Waals surface area contributed by atoms with Gasteiger partial charge < -0.3 is 9.95 Å². The number of ether oxygens (including phenoxy) is 1. The molecule has 0 aliphatic carbocycles. The van der Waals surface area contributed by atoms with Crippen molar-refractivity contribution < 1.29 is 24.4 Å². The van der Waals surface area contributed by atoms with Gasteiger partial charge in [-0.25, -0.2) is 9.97 Å². The molecule has 0 amide bonds. The zero-order valence-corrected chi connectivity index (χ0v) is 15.5. The number of aromatic nitrogens is 2. The second kappa shape index (κ2) is 9.48. The molecule has 144 valence electrons. The third kappa shape index (κ3) is 4.97. The van der Waals surface area contributed by atoms with Crippen LogP contribution in [0, 0.1) is 11.3 Å². The lowest BCUT2D eigenvalue weighted by molar-refractivity contribution is 0.106. The zero-order chi connectivity index (χ0) is 26.5. The number of hydrogen-bond acceptors (Lipinski definition) is 8. The number of nitriles is 1. The molecule has 29 heavy (non-hydrogen) atoms. The van der Waals surface area contributed by atoms with E-state index in [1.165, 1.54) is 18.2 Å². The lowest BCUT2D eigenvalue weighted by Crippen LogP contribution is -2.18. The molecule has 0 fully saturated rings. The molecule has 8 heteroatoms. The molecule has 2 aromatic carbocycles. The Morgan fingerprint density at radius 2 is 2.28 bits per heavy atom. The van der Waals surface area contributed by atoms with Crippen molar-refractivity contribution in [3.63, 3.8) is 0 Å². The Kier molecular flexibility index (Phi) is 4.15. The Morgan fingerprint density at radius 1 is 1.41 bits per heavy atom. The van der Waals surface area contributed by atoms with Gasteiger partial charge in [-0.3, -0.25) is 4.79 Å². The Bertz CT molecular complexity index is 1360. The number of oxime groups is 1. The lowest BCUT2D eigenvalue weighted by Gasteiger charge is -2.09. The third-order valence-electron chi connectivity index (χ3n) is 3.65. The molecular formula is C21H16N4O3S. The highest BCUT2D eigenvalue weighted by molar-refractivity contribution is 7.98. The first-order chi connectivity index (χ1) is 17.0. The fourth-order valence-electron chi connectivity index (χ4n) is 2.26. The number of carbonyl (C=O) groups excluding carboxylic acids is 1. The fourth-order valence-corrected chi connectivity index (χ4v) is 2.48. The van der Waals surface area contributed by atoms with Crippen molar-refractivity contribution in [3.05, 3.63) is 83.1 Å². The molecule has 0 atom stereocenters. The van der Waals surface area contributed by atoms with Crippen LogP contribution in [-0.2, 0) is 6.61 Å². The van der Waals surface area contributed by atoms with Crippen molar-refractivity contribution >= 4 is 23.3 Å². The van der Waals surface area contributed by atoms with Gasteiger partial charge in [0.2, 0.25) is 5.78 Å². The number of rotatable bonds is 8. The highest BCUT2D eigenvalue weighted by atomic mass is 32.2. The summed E-state index contributed by atoms with van der Waals surface area (Å²) >= 11 is 0.239. The zero-order valence-electron chi connectivity index (χ0n) is 21.7. The van der Waals surface area contributed by atoms with Gasteiger partial charge in [-0.2, -0.15) is 5.26 Å². The minimum absolute atomic E-state index is 0.0463. The minimum atomic E-state index is -2.56. The summed E-state index contributed by atoms with van der Waals surface area (Å²) in [6, 6.07) is 11.9. The van der Waals surface area contributed by atoms with E-state index in [-0.39, 0.29) is 35.7 Å². The van der Waals surface area contributed by atoms with E-state index in [1.807, 2.05) is 6.07 Å². The molecule has 0 aliphatic heterocycles. The van der Waals surface area contributed by atoms with Crippen LogP contribution in [0.5, 0.6) is 5.75 Å². The first-order valence-corrected chi connectivity index (χ1v) is 8.86. The van der Waals surface area contributed by atoms with Gasteiger partial charge in [0.1, 0.15) is 18.1 Å². The number of Topliss-reactive ketones (excluding diaryl/α,β-unsaturated/α-hetero) is 1. The molecular weight excluding hydrogens is 388 g/mol. The summed E-state index contributed by atoms with van der Waals surface area (Å²) in [5.74, 6) is -0.919. The number of hydrogen-bond donors (Lipinski definition) is 1. The summed E-state index contributed by atoms with van der Waals surface area (Å²) in [4.78, 5) is 20.8. The quantitative estimate of drug-likeness (QED) is 0.150. The predicted molar refractivity (Wildman–Crippen MR) is 108 cm³/mol. The number of ketones is 1. The molecule has 3 aromatic rings. The van der Waals surface area contributed by atoms with Gasteiger partial charge in [0, 0.05) is 15.8 Å². The largest absolute Gasteiger partial charge is 0.489 e. The molecule has 0 aliphatic rings. The number of benzene rings is 2. The number of thioether (sulfide) groups is 1. The monoisotopic (exact) mass is 411 g/mol. The molecule has 0 saturated heterocycles. The van der Waals surface area contributed by atoms with Crippen LogP contribution in [-0.4, -0.2) is 32.9 Å². The maximum absolute atomic E-state index is 13.3. The van der Waals surface area contributed by atoms with E-state index in [0.717, 1.165) is 5.56 Å². The molecule has 0 saturated carbocycles. The second-order valence-electron chi connectivity index (χ2n) is 5.49. The summed E-state index contributed by atoms with van der Waals surface area (Å²) < 4.78 is 59.0. The van der Waals surface area contributed by atoms with Crippen molar-refractivity contribution in [2.75, 3.05) is 6.18 Å². The highest BCUT2D eigenvalue weighted by Crippen LogP contribution is 2.18. The van der Waals surface area contributed by atoms with Crippen LogP contribution in [0.1, 0.15) is 35.4 Å². The standard InChI is InChI=1S/C21H16N4O3S/c1-29-21-23-10-9-18(24-21)19(25-27)20(26)16-3-2-4-17(11-16)28-13-15-7-5-14(12-22)6-8-15/h2-11,27H,13H2,1H3/i1D3,9D,10D,11D/hD. The SMILES string of the molecule is [2H]ON=C(C(=O)c1cccc(OCc2ccc(C#N)cc2)c1[2H])c1nc(SC([2H])([2H])[2H])nc([2H])c1[2H]. The first-order valence-electron chi connectivity index (χ1n) is 11.5. The van der Waals surface area contributed by atoms with Crippen molar-refractivity contribution in [3.8, 4) is 11.8 Å². The van der Waals surface area contributed by atoms with E-state index in [1.54, 1.807) is 24.3 Å². The van der Waals surface area contributed by atoms with Gasteiger partial charge in [0.15, 0.2) is 10.9 Å². The third-order valence-corrected chi connectivity index (χ3v) is 4.01. The van der Waals surface area contributed by atoms with E-state index in [9.17, 15) is 4.79 Å². The van der Waals surface area contributed by atoms with E-state index in [2.05, 4.69) is 20.3 Å². The maximum Gasteiger partial charge on any atom is 0.330 e. The molecule has 0 bridgehead atoms. The van der Waals surface area contributed by atoms with Crippen LogP contribution in [0.2, 0.25) is 1.43 Å². The second-order valence-corrected chi connectivity index (χ2v) is 6.06. The summed E-state index contributed by atoms with van der Waals surface area (Å²) in [5.41, 5.74) is -0.237. The summed E-state index contributed by atoms with van der Waals surface area (Å²) in [6.45, 7) is 0.0483. The Labute approximate surface area is 181 Å². The smallest absolute Gasteiger partial charge is 0.330 e. The summed E-state index contributed by atoms with van der Waals surface area (Å²) in [6.07, 6.45) is -3.22. The molecule has 1 heterocycles. The molecule has 1 aromatic heterocycles. The van der Waals surface area contributed by atoms with Crippen LogP contribution in [0.3, 0.4) is 0 Å². The average Bonchev–Trinajstić information content (AvgIpc) is 2.83. The molecule has 0 radical (unpaired) electrons. The van der Waals surface area contributed by atoms with Gasteiger partial charge in [-0.15, -0.1) is 0 Å². The van der Waals surface area contributed by atoms with E-state index >= 15 is 0 Å². The lowest BCUT2D eigenvalue weighted by atomic mass is 10.0. The van der Waals surface area contributed by atoms with Crippen LogP contribution in [0.15, 0.2) is 71.0 Å². The normalized spacial score (nSPS) is 14.7. The van der Waals surface area contributed by atoms with E-state index < -0.39 is 40.7 Å². The fraction of sp³-hybridized carbons (Fsp3) is 0.0952. The Balaban J connectivity index is 1.95. The van der Waals surface area contributed by atoms with Crippen LogP contribution >= 0.6 is 11.8 Å². The molecule has 7 nitrogen and oxygen atoms in total. The average molecular weight is 411 g/mol. The Hall–Kier alpha value is -3.70. The number of carbonyl (C=O) groups is 1. The van der Waals surface area contributed by atoms with Gasteiger partial charge in [-0.1, -0.05) is 41.2 Å². The summed E-state index contributed by atoms with van der Waals surface area (Å²) in [5, 5.41) is 15.8. The number of nitrogens with zero attached hydrogens (tertiary/aromatic N) is 4.